The molecule has 128 valence electrons. The fourth-order valence-corrected chi connectivity index (χ4v) is 3.68. The third-order valence-electron chi connectivity index (χ3n) is 4.19. The number of nitrogens with zero attached hydrogens (tertiary/aromatic N) is 2. The Balaban J connectivity index is 1.92. The van der Waals surface area contributed by atoms with Crippen LogP contribution in [0.5, 0.6) is 0 Å². The van der Waals surface area contributed by atoms with E-state index >= 15 is 0 Å². The van der Waals surface area contributed by atoms with Gasteiger partial charge < -0.3 is 15.0 Å². The molecule has 1 aliphatic heterocycles. The lowest BCUT2D eigenvalue weighted by molar-refractivity contribution is 0.181. The quantitative estimate of drug-likeness (QED) is 0.645. The summed E-state index contributed by atoms with van der Waals surface area (Å²) in [6.45, 7) is 5.49. The number of ether oxygens (including phenoxy) is 1. The van der Waals surface area contributed by atoms with Gasteiger partial charge in [-0.1, -0.05) is 36.2 Å². The van der Waals surface area contributed by atoms with Crippen LogP contribution in [0.15, 0.2) is 23.2 Å². The van der Waals surface area contributed by atoms with Crippen LogP contribution in [0.1, 0.15) is 24.8 Å². The zero-order valence-corrected chi connectivity index (χ0v) is 15.5. The number of hydrogen-bond donors (Lipinski definition) is 1. The SMILES string of the molecule is CN=C(NCC(C)c1c(Cl)cccc1Cl)N(C)CC1CCOC1. The van der Waals surface area contributed by atoms with E-state index in [0.29, 0.717) is 16.0 Å². The highest BCUT2D eigenvalue weighted by Gasteiger charge is 2.20. The molecule has 6 heteroatoms. The molecule has 0 radical (unpaired) electrons. The van der Waals surface area contributed by atoms with Crippen molar-refractivity contribution in [3.63, 3.8) is 0 Å². The van der Waals surface area contributed by atoms with Gasteiger partial charge in [0.15, 0.2) is 5.96 Å². The van der Waals surface area contributed by atoms with Crippen LogP contribution < -0.4 is 5.32 Å². The van der Waals surface area contributed by atoms with Crippen molar-refractivity contribution in [3.05, 3.63) is 33.8 Å². The first kappa shape index (κ1) is 18.4. The maximum absolute atomic E-state index is 6.28. The van der Waals surface area contributed by atoms with Crippen LogP contribution in [-0.2, 0) is 4.74 Å². The molecule has 0 bridgehead atoms. The maximum Gasteiger partial charge on any atom is 0.193 e. The van der Waals surface area contributed by atoms with E-state index in [1.54, 1.807) is 7.05 Å². The minimum absolute atomic E-state index is 0.191. The number of benzene rings is 1. The standard InChI is InChI=1S/C17H25Cl2N3O/c1-12(16-14(18)5-4-6-15(16)19)9-21-17(20-2)22(3)10-13-7-8-23-11-13/h4-6,12-13H,7-11H2,1-3H3,(H,20,21). The van der Waals surface area contributed by atoms with Crippen LogP contribution in [0.3, 0.4) is 0 Å². The predicted molar refractivity (Wildman–Crippen MR) is 97.8 cm³/mol. The summed E-state index contributed by atoms with van der Waals surface area (Å²) in [5, 5.41) is 4.83. The fraction of sp³-hybridized carbons (Fsp3) is 0.588. The van der Waals surface area contributed by atoms with Gasteiger partial charge >= 0.3 is 0 Å². The number of halogens is 2. The first-order chi connectivity index (χ1) is 11.0. The largest absolute Gasteiger partial charge is 0.381 e. The summed E-state index contributed by atoms with van der Waals surface area (Å²) in [5.41, 5.74) is 0.977. The Labute approximate surface area is 148 Å². The van der Waals surface area contributed by atoms with Crippen molar-refractivity contribution in [3.8, 4) is 0 Å². The molecule has 1 N–H and O–H groups in total. The molecule has 0 aliphatic carbocycles. The molecule has 1 aromatic carbocycles. The Kier molecular flexibility index (Phi) is 7.00. The Bertz CT molecular complexity index is 524. The second-order valence-corrected chi connectivity index (χ2v) is 6.89. The molecule has 1 heterocycles. The van der Waals surface area contributed by atoms with E-state index in [2.05, 4.69) is 29.2 Å². The van der Waals surface area contributed by atoms with Crippen molar-refractivity contribution in [1.29, 1.82) is 0 Å². The molecular formula is C17H25Cl2N3O. The summed E-state index contributed by atoms with van der Waals surface area (Å²) in [6.07, 6.45) is 1.12. The van der Waals surface area contributed by atoms with Crippen LogP contribution in [0.2, 0.25) is 10.0 Å². The highest BCUT2D eigenvalue weighted by atomic mass is 35.5. The van der Waals surface area contributed by atoms with Gasteiger partial charge in [-0.15, -0.1) is 0 Å². The minimum Gasteiger partial charge on any atom is -0.381 e. The van der Waals surface area contributed by atoms with Gasteiger partial charge in [-0.25, -0.2) is 0 Å². The highest BCUT2D eigenvalue weighted by Crippen LogP contribution is 2.30. The van der Waals surface area contributed by atoms with Gasteiger partial charge in [-0.05, 0) is 24.1 Å². The summed E-state index contributed by atoms with van der Waals surface area (Å²) >= 11 is 12.6. The monoisotopic (exact) mass is 357 g/mol. The maximum atomic E-state index is 6.28. The van der Waals surface area contributed by atoms with Crippen LogP contribution in [-0.4, -0.2) is 51.3 Å². The van der Waals surface area contributed by atoms with Gasteiger partial charge in [-0.3, -0.25) is 4.99 Å². The molecule has 0 amide bonds. The van der Waals surface area contributed by atoms with E-state index in [1.165, 1.54) is 0 Å². The van der Waals surface area contributed by atoms with Crippen molar-refractivity contribution in [2.45, 2.75) is 19.3 Å². The molecule has 1 aliphatic rings. The smallest absolute Gasteiger partial charge is 0.193 e. The Morgan fingerprint density at radius 2 is 2.13 bits per heavy atom. The summed E-state index contributed by atoms with van der Waals surface area (Å²) in [7, 11) is 3.86. The Hall–Kier alpha value is -0.970. The lowest BCUT2D eigenvalue weighted by Crippen LogP contribution is -2.42. The molecule has 2 rings (SSSR count). The third kappa shape index (κ3) is 5.00. The average molecular weight is 358 g/mol. The first-order valence-corrected chi connectivity index (χ1v) is 8.72. The molecule has 1 aromatic rings. The van der Waals surface area contributed by atoms with Crippen molar-refractivity contribution in [2.75, 3.05) is 40.4 Å². The van der Waals surface area contributed by atoms with Gasteiger partial charge in [0, 0.05) is 55.7 Å². The fourth-order valence-electron chi connectivity index (χ4n) is 2.91. The van der Waals surface area contributed by atoms with Gasteiger partial charge in [0.2, 0.25) is 0 Å². The van der Waals surface area contributed by atoms with Crippen molar-refractivity contribution < 1.29 is 4.74 Å². The van der Waals surface area contributed by atoms with Gasteiger partial charge in [-0.2, -0.15) is 0 Å². The van der Waals surface area contributed by atoms with E-state index < -0.39 is 0 Å². The van der Waals surface area contributed by atoms with Crippen LogP contribution in [0, 0.1) is 5.92 Å². The first-order valence-electron chi connectivity index (χ1n) is 7.96. The third-order valence-corrected chi connectivity index (χ3v) is 4.85. The molecule has 0 aromatic heterocycles. The molecule has 0 saturated carbocycles. The van der Waals surface area contributed by atoms with E-state index in [9.17, 15) is 0 Å². The molecule has 4 nitrogen and oxygen atoms in total. The molecule has 2 atom stereocenters. The highest BCUT2D eigenvalue weighted by molar-refractivity contribution is 6.36. The van der Waals surface area contributed by atoms with Crippen molar-refractivity contribution in [2.24, 2.45) is 10.9 Å². The van der Waals surface area contributed by atoms with Gasteiger partial charge in [0.05, 0.1) is 6.61 Å². The predicted octanol–water partition coefficient (Wildman–Crippen LogP) is 3.64. The van der Waals surface area contributed by atoms with Gasteiger partial charge in [0.25, 0.3) is 0 Å². The molecule has 0 spiro atoms. The number of hydrogen-bond acceptors (Lipinski definition) is 2. The molecule has 23 heavy (non-hydrogen) atoms. The van der Waals surface area contributed by atoms with Crippen molar-refractivity contribution >= 4 is 29.2 Å². The zero-order valence-electron chi connectivity index (χ0n) is 14.0. The summed E-state index contributed by atoms with van der Waals surface area (Å²) in [4.78, 5) is 6.52. The van der Waals surface area contributed by atoms with E-state index in [4.69, 9.17) is 27.9 Å². The molecular weight excluding hydrogens is 333 g/mol. The van der Waals surface area contributed by atoms with E-state index in [0.717, 1.165) is 44.2 Å². The van der Waals surface area contributed by atoms with Crippen LogP contribution in [0.4, 0.5) is 0 Å². The summed E-state index contributed by atoms with van der Waals surface area (Å²) < 4.78 is 5.44. The van der Waals surface area contributed by atoms with E-state index in [1.807, 2.05) is 18.2 Å². The lowest BCUT2D eigenvalue weighted by Gasteiger charge is -2.26. The normalized spacial score (nSPS) is 19.7. The summed E-state index contributed by atoms with van der Waals surface area (Å²) in [6, 6.07) is 5.62. The zero-order chi connectivity index (χ0) is 16.8. The Morgan fingerprint density at radius 3 is 2.70 bits per heavy atom. The summed E-state index contributed by atoms with van der Waals surface area (Å²) in [5.74, 6) is 1.65. The number of rotatable bonds is 5. The molecule has 1 fully saturated rings. The second-order valence-electron chi connectivity index (χ2n) is 6.07. The lowest BCUT2D eigenvalue weighted by atomic mass is 10.0. The number of nitrogens with one attached hydrogen (secondary N) is 1. The number of guanidine groups is 1. The van der Waals surface area contributed by atoms with Crippen molar-refractivity contribution in [1.82, 2.24) is 10.2 Å². The Morgan fingerprint density at radius 1 is 1.43 bits per heavy atom. The second kappa shape index (κ2) is 8.76. The molecule has 2 unspecified atom stereocenters. The average Bonchev–Trinajstić information content (AvgIpc) is 3.00. The number of aliphatic imine (C=N–C) groups is 1. The minimum atomic E-state index is 0.191. The van der Waals surface area contributed by atoms with Gasteiger partial charge in [0.1, 0.15) is 0 Å². The topological polar surface area (TPSA) is 36.9 Å². The van der Waals surface area contributed by atoms with E-state index in [-0.39, 0.29) is 5.92 Å². The van der Waals surface area contributed by atoms with Crippen LogP contribution >= 0.6 is 23.2 Å². The van der Waals surface area contributed by atoms with Crippen LogP contribution in [0.25, 0.3) is 0 Å². The molecule has 1 saturated heterocycles.